The standard InChI is InChI=1S/C15H20N4O/c1-3-18(4-2)19-10-11-8-12(20)9-17-14(11)13-6-5-7-16-15(13)19/h5-7,17H,3-4,8-10H2,1-2H3. The summed E-state index contributed by atoms with van der Waals surface area (Å²) in [7, 11) is 0. The molecule has 0 fully saturated rings. The van der Waals surface area contributed by atoms with Gasteiger partial charge in [0.05, 0.1) is 13.1 Å². The van der Waals surface area contributed by atoms with E-state index in [1.54, 1.807) is 0 Å². The minimum atomic E-state index is 0.260. The zero-order valence-corrected chi connectivity index (χ0v) is 12.0. The average molecular weight is 272 g/mol. The highest BCUT2D eigenvalue weighted by atomic mass is 16.1. The van der Waals surface area contributed by atoms with E-state index in [-0.39, 0.29) is 5.78 Å². The number of pyridine rings is 1. The Morgan fingerprint density at radius 3 is 2.95 bits per heavy atom. The van der Waals surface area contributed by atoms with Crippen molar-refractivity contribution in [3.05, 3.63) is 29.5 Å². The van der Waals surface area contributed by atoms with Crippen LogP contribution in [0.2, 0.25) is 0 Å². The van der Waals surface area contributed by atoms with Gasteiger partial charge in [-0.3, -0.25) is 9.80 Å². The molecule has 0 unspecified atom stereocenters. The fourth-order valence-corrected chi connectivity index (χ4v) is 2.97. The molecule has 0 spiro atoms. The Hall–Kier alpha value is -1.88. The molecule has 1 aromatic heterocycles. The number of anilines is 1. The molecule has 0 atom stereocenters. The van der Waals surface area contributed by atoms with Crippen LogP contribution in [0.25, 0.3) is 5.70 Å². The molecule has 0 amide bonds. The first-order chi connectivity index (χ1) is 9.74. The average Bonchev–Trinajstić information content (AvgIpc) is 2.48. The summed E-state index contributed by atoms with van der Waals surface area (Å²) in [5.74, 6) is 1.24. The molecule has 2 aliphatic heterocycles. The number of hydrazine groups is 1. The summed E-state index contributed by atoms with van der Waals surface area (Å²) in [5, 5.41) is 7.73. The number of carbonyl (C=O) groups excluding carboxylic acids is 1. The molecule has 0 aromatic carbocycles. The summed E-state index contributed by atoms with van der Waals surface area (Å²) in [6.45, 7) is 7.31. The summed E-state index contributed by atoms with van der Waals surface area (Å²) in [6.07, 6.45) is 2.38. The van der Waals surface area contributed by atoms with Crippen molar-refractivity contribution < 1.29 is 4.79 Å². The van der Waals surface area contributed by atoms with Gasteiger partial charge in [0.15, 0.2) is 11.6 Å². The van der Waals surface area contributed by atoms with Crippen LogP contribution in [0.4, 0.5) is 5.82 Å². The second-order valence-electron chi connectivity index (χ2n) is 5.12. The molecule has 0 bridgehead atoms. The number of ketones is 1. The van der Waals surface area contributed by atoms with Gasteiger partial charge < -0.3 is 5.32 Å². The lowest BCUT2D eigenvalue weighted by atomic mass is 9.95. The van der Waals surface area contributed by atoms with Gasteiger partial charge in [0.2, 0.25) is 0 Å². The number of hydrogen-bond donors (Lipinski definition) is 1. The Balaban J connectivity index is 2.06. The summed E-state index contributed by atoms with van der Waals surface area (Å²) in [4.78, 5) is 16.3. The highest BCUT2D eigenvalue weighted by Gasteiger charge is 2.31. The Morgan fingerprint density at radius 1 is 1.40 bits per heavy atom. The van der Waals surface area contributed by atoms with Crippen LogP contribution in [-0.4, -0.2) is 42.0 Å². The normalized spacial score (nSPS) is 17.9. The third-order valence-electron chi connectivity index (χ3n) is 3.94. The molecule has 1 N–H and O–H groups in total. The summed E-state index contributed by atoms with van der Waals surface area (Å²) in [6, 6.07) is 4.03. The lowest BCUT2D eigenvalue weighted by Gasteiger charge is -2.40. The molecule has 0 saturated carbocycles. The minimum absolute atomic E-state index is 0.260. The van der Waals surface area contributed by atoms with Crippen LogP contribution in [0.1, 0.15) is 25.8 Å². The van der Waals surface area contributed by atoms with Crippen LogP contribution in [0.5, 0.6) is 0 Å². The maximum atomic E-state index is 11.7. The highest BCUT2D eigenvalue weighted by Crippen LogP contribution is 2.35. The second-order valence-corrected chi connectivity index (χ2v) is 5.12. The lowest BCUT2D eigenvalue weighted by molar-refractivity contribution is -0.117. The van der Waals surface area contributed by atoms with E-state index in [4.69, 9.17) is 0 Å². The maximum absolute atomic E-state index is 11.7. The van der Waals surface area contributed by atoms with Crippen molar-refractivity contribution in [2.45, 2.75) is 20.3 Å². The topological polar surface area (TPSA) is 48.5 Å². The smallest absolute Gasteiger partial charge is 0.156 e. The molecule has 0 radical (unpaired) electrons. The van der Waals surface area contributed by atoms with Gasteiger partial charge in [-0.25, -0.2) is 9.99 Å². The van der Waals surface area contributed by atoms with Crippen LogP contribution in [0.15, 0.2) is 23.9 Å². The van der Waals surface area contributed by atoms with Crippen molar-refractivity contribution in [1.29, 1.82) is 0 Å². The van der Waals surface area contributed by atoms with Crippen LogP contribution in [0, 0.1) is 0 Å². The molecule has 1 aromatic rings. The molecule has 5 heteroatoms. The van der Waals surface area contributed by atoms with E-state index in [2.05, 4.69) is 40.2 Å². The predicted octanol–water partition coefficient (Wildman–Crippen LogP) is 1.43. The van der Waals surface area contributed by atoms with Crippen molar-refractivity contribution >= 4 is 17.3 Å². The number of carbonyl (C=O) groups is 1. The predicted molar refractivity (Wildman–Crippen MR) is 79.1 cm³/mol. The Labute approximate surface area is 119 Å². The van der Waals surface area contributed by atoms with E-state index in [0.717, 1.165) is 36.7 Å². The van der Waals surface area contributed by atoms with Gasteiger partial charge in [-0.1, -0.05) is 13.8 Å². The highest BCUT2D eigenvalue weighted by molar-refractivity contribution is 5.92. The van der Waals surface area contributed by atoms with Gasteiger partial charge in [0, 0.05) is 37.0 Å². The Kier molecular flexibility index (Phi) is 3.44. The van der Waals surface area contributed by atoms with E-state index < -0.39 is 0 Å². The minimum Gasteiger partial charge on any atom is -0.377 e. The summed E-state index contributed by atoms with van der Waals surface area (Å²) in [5.41, 5.74) is 3.39. The van der Waals surface area contributed by atoms with Crippen molar-refractivity contribution in [3.63, 3.8) is 0 Å². The molecular weight excluding hydrogens is 252 g/mol. The monoisotopic (exact) mass is 272 g/mol. The van der Waals surface area contributed by atoms with Crippen molar-refractivity contribution in [2.24, 2.45) is 0 Å². The molecule has 3 heterocycles. The van der Waals surface area contributed by atoms with Crippen LogP contribution < -0.4 is 10.3 Å². The Morgan fingerprint density at radius 2 is 2.20 bits per heavy atom. The lowest BCUT2D eigenvalue weighted by Crippen LogP contribution is -2.48. The first-order valence-electron chi connectivity index (χ1n) is 7.20. The first kappa shape index (κ1) is 13.1. The van der Waals surface area contributed by atoms with E-state index in [0.29, 0.717) is 13.0 Å². The van der Waals surface area contributed by atoms with Gasteiger partial charge in [-0.15, -0.1) is 0 Å². The number of nitrogens with one attached hydrogen (secondary N) is 1. The third kappa shape index (κ3) is 2.08. The maximum Gasteiger partial charge on any atom is 0.156 e. The zero-order valence-electron chi connectivity index (χ0n) is 12.0. The fraction of sp³-hybridized carbons (Fsp3) is 0.467. The number of rotatable bonds is 3. The van der Waals surface area contributed by atoms with Crippen LogP contribution >= 0.6 is 0 Å². The van der Waals surface area contributed by atoms with Crippen molar-refractivity contribution in [2.75, 3.05) is 31.2 Å². The molecule has 0 aliphatic carbocycles. The third-order valence-corrected chi connectivity index (χ3v) is 3.94. The number of aromatic nitrogens is 1. The molecule has 20 heavy (non-hydrogen) atoms. The quantitative estimate of drug-likeness (QED) is 0.902. The summed E-state index contributed by atoms with van der Waals surface area (Å²) < 4.78 is 0. The molecule has 2 aliphatic rings. The number of Topliss-reactive ketones (excluding diaryl/α,β-unsaturated/α-hetero) is 1. The van der Waals surface area contributed by atoms with Gasteiger partial charge in [-0.2, -0.15) is 0 Å². The number of nitrogens with zero attached hydrogens (tertiary/aromatic N) is 3. The largest absolute Gasteiger partial charge is 0.377 e. The number of fused-ring (bicyclic) bond motifs is 2. The fourth-order valence-electron chi connectivity index (χ4n) is 2.97. The van der Waals surface area contributed by atoms with E-state index in [1.807, 2.05) is 12.3 Å². The summed E-state index contributed by atoms with van der Waals surface area (Å²) >= 11 is 0. The van der Waals surface area contributed by atoms with Gasteiger partial charge in [0.25, 0.3) is 0 Å². The molecule has 0 saturated heterocycles. The molecule has 106 valence electrons. The Bertz CT molecular complexity index is 563. The van der Waals surface area contributed by atoms with Gasteiger partial charge in [-0.05, 0) is 17.7 Å². The zero-order chi connectivity index (χ0) is 14.1. The van der Waals surface area contributed by atoms with Gasteiger partial charge in [0.1, 0.15) is 0 Å². The second kappa shape index (κ2) is 5.25. The van der Waals surface area contributed by atoms with E-state index in [1.165, 1.54) is 5.57 Å². The first-order valence-corrected chi connectivity index (χ1v) is 7.20. The van der Waals surface area contributed by atoms with Crippen LogP contribution in [0.3, 0.4) is 0 Å². The van der Waals surface area contributed by atoms with Crippen molar-refractivity contribution in [3.8, 4) is 0 Å². The molecular formula is C15H20N4O. The molecule has 5 nitrogen and oxygen atoms in total. The SMILES string of the molecule is CCN(CC)N1CC2=C(NCC(=O)C2)c2cccnc21. The van der Waals surface area contributed by atoms with E-state index >= 15 is 0 Å². The van der Waals surface area contributed by atoms with Crippen molar-refractivity contribution in [1.82, 2.24) is 15.3 Å². The molecule has 3 rings (SSSR count). The van der Waals surface area contributed by atoms with E-state index in [9.17, 15) is 4.79 Å². The van der Waals surface area contributed by atoms with Crippen LogP contribution in [-0.2, 0) is 4.79 Å². The number of hydrogen-bond acceptors (Lipinski definition) is 5. The van der Waals surface area contributed by atoms with Gasteiger partial charge >= 0.3 is 0 Å².